The standard InChI is InChI=1S/C13H27N3O/c1-17-13-4-7-16(12(10-13)11-14)9-8-15-5-2-3-6-15/h12-13H,2-11,14H2,1H3. The number of ether oxygens (including phenoxy) is 1. The Kier molecular flexibility index (Phi) is 5.22. The summed E-state index contributed by atoms with van der Waals surface area (Å²) in [6, 6.07) is 0.524. The molecule has 2 aliphatic rings. The quantitative estimate of drug-likeness (QED) is 0.762. The van der Waals surface area contributed by atoms with E-state index in [1.54, 1.807) is 0 Å². The molecule has 2 unspecified atom stereocenters. The second-order valence-corrected chi connectivity index (χ2v) is 5.36. The summed E-state index contributed by atoms with van der Waals surface area (Å²) in [5, 5.41) is 0. The summed E-state index contributed by atoms with van der Waals surface area (Å²) < 4.78 is 5.46. The first kappa shape index (κ1) is 13.3. The largest absolute Gasteiger partial charge is 0.381 e. The van der Waals surface area contributed by atoms with E-state index in [4.69, 9.17) is 10.5 Å². The predicted octanol–water partition coefficient (Wildman–Crippen LogP) is 0.520. The maximum atomic E-state index is 5.88. The Morgan fingerprint density at radius 3 is 2.59 bits per heavy atom. The van der Waals surface area contributed by atoms with E-state index in [1.165, 1.54) is 39.0 Å². The summed E-state index contributed by atoms with van der Waals surface area (Å²) in [6.45, 7) is 6.89. The van der Waals surface area contributed by atoms with Crippen molar-refractivity contribution >= 4 is 0 Å². The SMILES string of the molecule is COC1CCN(CCN2CCCC2)C(CN)C1. The third-order valence-corrected chi connectivity index (χ3v) is 4.30. The van der Waals surface area contributed by atoms with Crippen molar-refractivity contribution in [2.45, 2.75) is 37.8 Å². The molecule has 0 amide bonds. The zero-order valence-corrected chi connectivity index (χ0v) is 11.1. The third kappa shape index (κ3) is 3.65. The van der Waals surface area contributed by atoms with E-state index in [9.17, 15) is 0 Å². The van der Waals surface area contributed by atoms with Crippen LogP contribution in [0.5, 0.6) is 0 Å². The Morgan fingerprint density at radius 1 is 1.18 bits per heavy atom. The van der Waals surface area contributed by atoms with E-state index in [1.807, 2.05) is 7.11 Å². The average molecular weight is 241 g/mol. The molecule has 0 aromatic carbocycles. The molecule has 0 radical (unpaired) electrons. The molecule has 0 saturated carbocycles. The lowest BCUT2D eigenvalue weighted by atomic mass is 9.99. The van der Waals surface area contributed by atoms with Crippen LogP contribution in [0.25, 0.3) is 0 Å². The van der Waals surface area contributed by atoms with Crippen molar-refractivity contribution in [2.24, 2.45) is 5.73 Å². The van der Waals surface area contributed by atoms with Crippen molar-refractivity contribution in [2.75, 3.05) is 46.4 Å². The highest BCUT2D eigenvalue weighted by Gasteiger charge is 2.27. The van der Waals surface area contributed by atoms with Crippen LogP contribution in [0.15, 0.2) is 0 Å². The van der Waals surface area contributed by atoms with Crippen molar-refractivity contribution in [3.05, 3.63) is 0 Å². The highest BCUT2D eigenvalue weighted by molar-refractivity contribution is 4.83. The molecule has 17 heavy (non-hydrogen) atoms. The second kappa shape index (κ2) is 6.69. The fourth-order valence-corrected chi connectivity index (χ4v) is 3.09. The summed E-state index contributed by atoms with van der Waals surface area (Å²) in [5.74, 6) is 0. The lowest BCUT2D eigenvalue weighted by Gasteiger charge is -2.39. The number of hydrogen-bond acceptors (Lipinski definition) is 4. The Balaban J connectivity index is 1.74. The summed E-state index contributed by atoms with van der Waals surface area (Å²) in [6.07, 6.45) is 5.45. The molecule has 2 aliphatic heterocycles. The lowest BCUT2D eigenvalue weighted by Crippen LogP contribution is -2.50. The van der Waals surface area contributed by atoms with Crippen molar-refractivity contribution < 1.29 is 4.74 Å². The van der Waals surface area contributed by atoms with Gasteiger partial charge in [-0.3, -0.25) is 4.90 Å². The van der Waals surface area contributed by atoms with Gasteiger partial charge in [0.2, 0.25) is 0 Å². The van der Waals surface area contributed by atoms with Gasteiger partial charge in [0.15, 0.2) is 0 Å². The van der Waals surface area contributed by atoms with Gasteiger partial charge in [-0.25, -0.2) is 0 Å². The molecule has 4 heteroatoms. The first-order chi connectivity index (χ1) is 8.33. The molecule has 0 bridgehead atoms. The molecule has 0 aromatic rings. The summed E-state index contributed by atoms with van der Waals surface area (Å²) in [4.78, 5) is 5.14. The third-order valence-electron chi connectivity index (χ3n) is 4.30. The Morgan fingerprint density at radius 2 is 1.94 bits per heavy atom. The number of likely N-dealkylation sites (tertiary alicyclic amines) is 2. The molecule has 2 rings (SSSR count). The minimum atomic E-state index is 0.423. The van der Waals surface area contributed by atoms with Crippen molar-refractivity contribution in [3.63, 3.8) is 0 Å². The van der Waals surface area contributed by atoms with Gasteiger partial charge in [-0.15, -0.1) is 0 Å². The predicted molar refractivity (Wildman–Crippen MR) is 70.1 cm³/mol. The minimum absolute atomic E-state index is 0.423. The topological polar surface area (TPSA) is 41.7 Å². The fourth-order valence-electron chi connectivity index (χ4n) is 3.09. The van der Waals surface area contributed by atoms with Crippen LogP contribution in [0.2, 0.25) is 0 Å². The van der Waals surface area contributed by atoms with Crippen molar-refractivity contribution in [1.29, 1.82) is 0 Å². The smallest absolute Gasteiger partial charge is 0.0599 e. The van der Waals surface area contributed by atoms with Gasteiger partial charge in [0.05, 0.1) is 6.10 Å². The molecule has 2 fully saturated rings. The van der Waals surface area contributed by atoms with Crippen LogP contribution in [-0.4, -0.2) is 68.3 Å². The monoisotopic (exact) mass is 241 g/mol. The fraction of sp³-hybridized carbons (Fsp3) is 1.00. The number of hydrogen-bond donors (Lipinski definition) is 1. The normalized spacial score (nSPS) is 32.1. The minimum Gasteiger partial charge on any atom is -0.381 e. The Bertz CT molecular complexity index is 219. The van der Waals surface area contributed by atoms with E-state index in [0.29, 0.717) is 12.1 Å². The lowest BCUT2D eigenvalue weighted by molar-refractivity contribution is 0.0109. The highest BCUT2D eigenvalue weighted by atomic mass is 16.5. The summed E-state index contributed by atoms with van der Waals surface area (Å²) >= 11 is 0. The number of nitrogens with zero attached hydrogens (tertiary/aromatic N) is 2. The molecule has 0 aliphatic carbocycles. The van der Waals surface area contributed by atoms with Crippen LogP contribution in [0.3, 0.4) is 0 Å². The molecule has 0 spiro atoms. The second-order valence-electron chi connectivity index (χ2n) is 5.36. The van der Waals surface area contributed by atoms with Gasteiger partial charge in [0, 0.05) is 39.3 Å². The molecule has 0 aromatic heterocycles. The van der Waals surface area contributed by atoms with E-state index < -0.39 is 0 Å². The van der Waals surface area contributed by atoms with Gasteiger partial charge in [-0.2, -0.15) is 0 Å². The number of nitrogens with two attached hydrogens (primary N) is 1. The van der Waals surface area contributed by atoms with Gasteiger partial charge < -0.3 is 15.4 Å². The first-order valence-electron chi connectivity index (χ1n) is 7.02. The first-order valence-corrected chi connectivity index (χ1v) is 7.02. The molecule has 2 saturated heterocycles. The van der Waals surface area contributed by atoms with Gasteiger partial charge in [-0.05, 0) is 38.8 Å². The number of methoxy groups -OCH3 is 1. The molecule has 2 heterocycles. The highest BCUT2D eigenvalue weighted by Crippen LogP contribution is 2.19. The van der Waals surface area contributed by atoms with E-state index in [2.05, 4.69) is 9.80 Å². The van der Waals surface area contributed by atoms with E-state index >= 15 is 0 Å². The maximum absolute atomic E-state index is 5.88. The molecule has 2 atom stereocenters. The summed E-state index contributed by atoms with van der Waals surface area (Å²) in [7, 11) is 1.82. The molecular formula is C13H27N3O. The van der Waals surface area contributed by atoms with Crippen LogP contribution in [-0.2, 0) is 4.74 Å². The molecular weight excluding hydrogens is 214 g/mol. The van der Waals surface area contributed by atoms with Gasteiger partial charge in [0.25, 0.3) is 0 Å². The Labute approximate surface area is 105 Å². The molecule has 100 valence electrons. The van der Waals surface area contributed by atoms with E-state index in [0.717, 1.165) is 25.9 Å². The van der Waals surface area contributed by atoms with E-state index in [-0.39, 0.29) is 0 Å². The number of rotatable bonds is 5. The van der Waals surface area contributed by atoms with Crippen LogP contribution in [0.4, 0.5) is 0 Å². The summed E-state index contributed by atoms with van der Waals surface area (Å²) in [5.41, 5.74) is 5.88. The van der Waals surface area contributed by atoms with Crippen LogP contribution < -0.4 is 5.73 Å². The van der Waals surface area contributed by atoms with Gasteiger partial charge >= 0.3 is 0 Å². The van der Waals surface area contributed by atoms with Crippen molar-refractivity contribution in [1.82, 2.24) is 9.80 Å². The maximum Gasteiger partial charge on any atom is 0.0599 e. The zero-order valence-electron chi connectivity index (χ0n) is 11.1. The van der Waals surface area contributed by atoms with Gasteiger partial charge in [0.1, 0.15) is 0 Å². The van der Waals surface area contributed by atoms with Crippen LogP contribution >= 0.6 is 0 Å². The van der Waals surface area contributed by atoms with Gasteiger partial charge in [-0.1, -0.05) is 0 Å². The van der Waals surface area contributed by atoms with Crippen LogP contribution in [0.1, 0.15) is 25.7 Å². The molecule has 2 N–H and O–H groups in total. The zero-order chi connectivity index (χ0) is 12.1. The average Bonchev–Trinajstić information content (AvgIpc) is 2.89. The van der Waals surface area contributed by atoms with Crippen LogP contribution in [0, 0.1) is 0 Å². The number of piperidine rings is 1. The molecule has 4 nitrogen and oxygen atoms in total. The Hall–Kier alpha value is -0.160. The van der Waals surface area contributed by atoms with Crippen molar-refractivity contribution in [3.8, 4) is 0 Å².